The molecular weight excluding hydrogens is 300 g/mol. The largest absolute Gasteiger partial charge is 0.378 e. The Morgan fingerprint density at radius 2 is 1.62 bits per heavy atom. The van der Waals surface area contributed by atoms with Crippen molar-refractivity contribution >= 4 is 5.91 Å². The zero-order chi connectivity index (χ0) is 16.4. The maximum Gasteiger partial charge on any atom is 0.252 e. The molecule has 1 aliphatic heterocycles. The first-order valence-corrected chi connectivity index (χ1v) is 8.60. The zero-order valence-corrected chi connectivity index (χ0v) is 13.6. The summed E-state index contributed by atoms with van der Waals surface area (Å²) in [7, 11) is 0. The maximum absolute atomic E-state index is 12.8. The van der Waals surface area contributed by atoms with Gasteiger partial charge in [-0.3, -0.25) is 4.79 Å². The lowest BCUT2D eigenvalue weighted by Crippen LogP contribution is -2.62. The molecule has 2 N–H and O–H groups in total. The van der Waals surface area contributed by atoms with Crippen LogP contribution in [0.15, 0.2) is 54.6 Å². The molecule has 124 valence electrons. The van der Waals surface area contributed by atoms with E-state index >= 15 is 0 Å². The quantitative estimate of drug-likeness (QED) is 0.890. The lowest BCUT2D eigenvalue weighted by molar-refractivity contribution is -0.0174. The first-order chi connectivity index (χ1) is 11.8. The Balaban J connectivity index is 1.47. The van der Waals surface area contributed by atoms with Gasteiger partial charge in [0, 0.05) is 17.6 Å². The molecule has 1 amide bonds. The molecule has 1 heterocycles. The Labute approximate surface area is 142 Å². The molecule has 0 bridgehead atoms. The van der Waals surface area contributed by atoms with Crippen LogP contribution in [0.2, 0.25) is 0 Å². The minimum atomic E-state index is 0.0100. The standard InChI is InChI=1S/C20H22N2O2/c23-20(22-19-11-10-18(19)21-15-12-24-13-15)17-9-5-4-8-16(17)14-6-2-1-3-7-14/h1-9,15,18-19,21H,10-13H2,(H,22,23)/t18-,19+/m1/s1. The SMILES string of the molecule is O=C(N[C@H]1CC[C@H]1NC1COC1)c1ccccc1-c1ccccc1. The Hall–Kier alpha value is -2.17. The fourth-order valence-electron chi connectivity index (χ4n) is 3.30. The van der Waals surface area contributed by atoms with Crippen molar-refractivity contribution in [3.8, 4) is 11.1 Å². The number of hydrogen-bond acceptors (Lipinski definition) is 3. The van der Waals surface area contributed by atoms with Crippen LogP contribution in [0.4, 0.5) is 0 Å². The van der Waals surface area contributed by atoms with E-state index in [2.05, 4.69) is 10.6 Å². The molecule has 2 atom stereocenters. The van der Waals surface area contributed by atoms with Gasteiger partial charge in [0.1, 0.15) is 0 Å². The van der Waals surface area contributed by atoms with Crippen LogP contribution in [-0.4, -0.2) is 37.2 Å². The highest BCUT2D eigenvalue weighted by Crippen LogP contribution is 2.26. The van der Waals surface area contributed by atoms with Crippen molar-refractivity contribution in [1.29, 1.82) is 0 Å². The third-order valence-electron chi connectivity index (χ3n) is 4.94. The number of carbonyl (C=O) groups excluding carboxylic acids is 1. The predicted molar refractivity (Wildman–Crippen MR) is 93.9 cm³/mol. The summed E-state index contributed by atoms with van der Waals surface area (Å²) in [6, 6.07) is 18.9. The van der Waals surface area contributed by atoms with Crippen molar-refractivity contribution in [3.05, 3.63) is 60.2 Å². The molecule has 4 rings (SSSR count). The number of hydrogen-bond donors (Lipinski definition) is 2. The van der Waals surface area contributed by atoms with Crippen molar-refractivity contribution in [2.24, 2.45) is 0 Å². The van der Waals surface area contributed by atoms with Crippen LogP contribution in [0.1, 0.15) is 23.2 Å². The minimum absolute atomic E-state index is 0.0100. The van der Waals surface area contributed by atoms with Crippen LogP contribution in [0.3, 0.4) is 0 Å². The first kappa shape index (κ1) is 15.4. The zero-order valence-electron chi connectivity index (χ0n) is 13.6. The second kappa shape index (κ2) is 6.75. The normalized spacial score (nSPS) is 23.2. The van der Waals surface area contributed by atoms with Gasteiger partial charge in [0.2, 0.25) is 0 Å². The average molecular weight is 322 g/mol. The summed E-state index contributed by atoms with van der Waals surface area (Å²) in [5.41, 5.74) is 2.78. The highest BCUT2D eigenvalue weighted by Gasteiger charge is 2.35. The topological polar surface area (TPSA) is 50.4 Å². The molecular formula is C20H22N2O2. The van der Waals surface area contributed by atoms with Gasteiger partial charge in [0.05, 0.1) is 19.3 Å². The van der Waals surface area contributed by atoms with Crippen molar-refractivity contribution in [3.63, 3.8) is 0 Å². The number of benzene rings is 2. The molecule has 0 aromatic heterocycles. The molecule has 2 fully saturated rings. The summed E-state index contributed by atoms with van der Waals surface area (Å²) < 4.78 is 5.20. The van der Waals surface area contributed by atoms with Gasteiger partial charge in [-0.1, -0.05) is 48.5 Å². The minimum Gasteiger partial charge on any atom is -0.378 e. The van der Waals surface area contributed by atoms with E-state index in [1.54, 1.807) is 0 Å². The molecule has 0 spiro atoms. The highest BCUT2D eigenvalue weighted by atomic mass is 16.5. The summed E-state index contributed by atoms with van der Waals surface area (Å²) in [5, 5.41) is 6.77. The summed E-state index contributed by atoms with van der Waals surface area (Å²) in [4.78, 5) is 12.8. The van der Waals surface area contributed by atoms with E-state index in [0.29, 0.717) is 12.1 Å². The van der Waals surface area contributed by atoms with Crippen LogP contribution in [0.25, 0.3) is 11.1 Å². The molecule has 2 aromatic carbocycles. The monoisotopic (exact) mass is 322 g/mol. The van der Waals surface area contributed by atoms with E-state index in [1.807, 2.05) is 54.6 Å². The van der Waals surface area contributed by atoms with E-state index < -0.39 is 0 Å². The first-order valence-electron chi connectivity index (χ1n) is 8.60. The van der Waals surface area contributed by atoms with Crippen LogP contribution >= 0.6 is 0 Å². The fraction of sp³-hybridized carbons (Fsp3) is 0.350. The lowest BCUT2D eigenvalue weighted by Gasteiger charge is -2.42. The molecule has 2 aliphatic rings. The van der Waals surface area contributed by atoms with Crippen LogP contribution in [0.5, 0.6) is 0 Å². The van der Waals surface area contributed by atoms with Gasteiger partial charge in [0.15, 0.2) is 0 Å². The number of carbonyl (C=O) groups is 1. The molecule has 0 radical (unpaired) electrons. The summed E-state index contributed by atoms with van der Waals surface area (Å²) in [6.07, 6.45) is 2.15. The summed E-state index contributed by atoms with van der Waals surface area (Å²) >= 11 is 0. The lowest BCUT2D eigenvalue weighted by atomic mass is 9.85. The Morgan fingerprint density at radius 1 is 0.917 bits per heavy atom. The highest BCUT2D eigenvalue weighted by molar-refractivity contribution is 6.01. The van der Waals surface area contributed by atoms with Gasteiger partial charge in [-0.05, 0) is 30.0 Å². The molecule has 4 nitrogen and oxygen atoms in total. The molecule has 24 heavy (non-hydrogen) atoms. The number of nitrogens with one attached hydrogen (secondary N) is 2. The van der Waals surface area contributed by atoms with Gasteiger partial charge < -0.3 is 15.4 Å². The van der Waals surface area contributed by atoms with E-state index in [4.69, 9.17) is 4.74 Å². The van der Waals surface area contributed by atoms with Crippen molar-refractivity contribution < 1.29 is 9.53 Å². The molecule has 1 aliphatic carbocycles. The Morgan fingerprint density at radius 3 is 2.29 bits per heavy atom. The second-order valence-electron chi connectivity index (χ2n) is 6.58. The van der Waals surface area contributed by atoms with Gasteiger partial charge in [-0.25, -0.2) is 0 Å². The predicted octanol–water partition coefficient (Wildman–Crippen LogP) is 2.60. The Kier molecular flexibility index (Phi) is 4.32. The van der Waals surface area contributed by atoms with E-state index in [-0.39, 0.29) is 11.9 Å². The maximum atomic E-state index is 12.8. The van der Waals surface area contributed by atoms with Crippen molar-refractivity contribution in [2.45, 2.75) is 31.0 Å². The van der Waals surface area contributed by atoms with E-state index in [0.717, 1.165) is 42.7 Å². The third kappa shape index (κ3) is 3.07. The van der Waals surface area contributed by atoms with Crippen LogP contribution in [0, 0.1) is 0 Å². The summed E-state index contributed by atoms with van der Waals surface area (Å²) in [5.74, 6) is 0.0100. The van der Waals surface area contributed by atoms with E-state index in [1.165, 1.54) is 0 Å². The van der Waals surface area contributed by atoms with E-state index in [9.17, 15) is 4.79 Å². The molecule has 4 heteroatoms. The molecule has 0 unspecified atom stereocenters. The van der Waals surface area contributed by atoms with Crippen molar-refractivity contribution in [1.82, 2.24) is 10.6 Å². The van der Waals surface area contributed by atoms with Crippen LogP contribution < -0.4 is 10.6 Å². The van der Waals surface area contributed by atoms with Crippen molar-refractivity contribution in [2.75, 3.05) is 13.2 Å². The van der Waals surface area contributed by atoms with Gasteiger partial charge in [-0.2, -0.15) is 0 Å². The fourth-order valence-corrected chi connectivity index (χ4v) is 3.30. The number of rotatable bonds is 5. The smallest absolute Gasteiger partial charge is 0.252 e. The Bertz CT molecular complexity index is 713. The number of ether oxygens (including phenoxy) is 1. The van der Waals surface area contributed by atoms with Crippen LogP contribution in [-0.2, 0) is 4.74 Å². The second-order valence-corrected chi connectivity index (χ2v) is 6.58. The van der Waals surface area contributed by atoms with Gasteiger partial charge in [-0.15, -0.1) is 0 Å². The summed E-state index contributed by atoms with van der Waals surface area (Å²) in [6.45, 7) is 1.57. The molecule has 1 saturated carbocycles. The van der Waals surface area contributed by atoms with Gasteiger partial charge in [0.25, 0.3) is 5.91 Å². The molecule has 1 saturated heterocycles. The molecule has 2 aromatic rings. The van der Waals surface area contributed by atoms with Gasteiger partial charge >= 0.3 is 0 Å². The average Bonchev–Trinajstić information content (AvgIpc) is 2.58. The third-order valence-corrected chi connectivity index (χ3v) is 4.94. The number of amides is 1.